The second-order valence-corrected chi connectivity index (χ2v) is 7.37. The van der Waals surface area contributed by atoms with Gasteiger partial charge < -0.3 is 24.8 Å². The molecule has 3 aliphatic rings. The molecule has 27 heavy (non-hydrogen) atoms. The van der Waals surface area contributed by atoms with E-state index in [1.54, 1.807) is 29.2 Å². The monoisotopic (exact) mass is 373 g/mol. The van der Waals surface area contributed by atoms with Gasteiger partial charge in [0.25, 0.3) is 0 Å². The predicted octanol–water partition coefficient (Wildman–Crippen LogP) is -0.714. The van der Waals surface area contributed by atoms with E-state index in [-0.39, 0.29) is 23.8 Å². The van der Waals surface area contributed by atoms with E-state index in [0.29, 0.717) is 32.0 Å². The maximum absolute atomic E-state index is 13.1. The van der Waals surface area contributed by atoms with Crippen LogP contribution in [-0.2, 0) is 25.7 Å². The first-order valence-electron chi connectivity index (χ1n) is 9.05. The first-order chi connectivity index (χ1) is 12.9. The SMILES string of the molecule is CC(=O)NCCN1C[C@]23C=C[C@H](O2)[C@@H](C(=O)N(C)Cc2ncc[nH]2)[C@@H]3C1=O. The summed E-state index contributed by atoms with van der Waals surface area (Å²) in [6.45, 7) is 2.99. The molecule has 1 aromatic heterocycles. The number of rotatable bonds is 6. The van der Waals surface area contributed by atoms with E-state index < -0.39 is 17.4 Å². The number of carbonyl (C=O) groups excluding carboxylic acids is 3. The lowest BCUT2D eigenvalue weighted by Crippen LogP contribution is -2.45. The lowest BCUT2D eigenvalue weighted by Gasteiger charge is -2.27. The third-order valence-electron chi connectivity index (χ3n) is 5.54. The van der Waals surface area contributed by atoms with Crippen molar-refractivity contribution in [2.45, 2.75) is 25.2 Å². The summed E-state index contributed by atoms with van der Waals surface area (Å²) < 4.78 is 6.10. The molecule has 144 valence electrons. The first-order valence-corrected chi connectivity index (χ1v) is 9.05. The number of carbonyl (C=O) groups is 3. The molecule has 2 bridgehead atoms. The number of nitrogens with one attached hydrogen (secondary N) is 2. The van der Waals surface area contributed by atoms with Crippen LogP contribution in [0.15, 0.2) is 24.5 Å². The van der Waals surface area contributed by atoms with Gasteiger partial charge in [-0.05, 0) is 0 Å². The average Bonchev–Trinajstić information content (AvgIpc) is 3.37. The minimum atomic E-state index is -0.732. The van der Waals surface area contributed by atoms with Crippen LogP contribution in [0.4, 0.5) is 0 Å². The molecule has 9 heteroatoms. The molecule has 2 N–H and O–H groups in total. The zero-order valence-electron chi connectivity index (χ0n) is 15.3. The van der Waals surface area contributed by atoms with E-state index in [1.807, 2.05) is 12.2 Å². The van der Waals surface area contributed by atoms with E-state index in [1.165, 1.54) is 6.92 Å². The summed E-state index contributed by atoms with van der Waals surface area (Å²) in [5.41, 5.74) is -0.732. The van der Waals surface area contributed by atoms with Crippen molar-refractivity contribution in [3.05, 3.63) is 30.4 Å². The number of ether oxygens (including phenoxy) is 1. The van der Waals surface area contributed by atoms with Crippen molar-refractivity contribution < 1.29 is 19.1 Å². The summed E-state index contributed by atoms with van der Waals surface area (Å²) in [5, 5.41) is 2.70. The van der Waals surface area contributed by atoms with Crippen LogP contribution in [-0.4, -0.2) is 75.9 Å². The van der Waals surface area contributed by atoms with Crippen molar-refractivity contribution >= 4 is 17.7 Å². The number of aromatic nitrogens is 2. The molecule has 3 amide bonds. The quantitative estimate of drug-likeness (QED) is 0.641. The minimum absolute atomic E-state index is 0.0862. The second-order valence-electron chi connectivity index (χ2n) is 7.37. The second kappa shape index (κ2) is 6.49. The lowest BCUT2D eigenvalue weighted by atomic mass is 9.76. The van der Waals surface area contributed by atoms with Gasteiger partial charge in [-0.2, -0.15) is 0 Å². The van der Waals surface area contributed by atoms with Crippen LogP contribution >= 0.6 is 0 Å². The molecule has 3 aliphatic heterocycles. The minimum Gasteiger partial charge on any atom is -0.360 e. The molecular weight excluding hydrogens is 350 g/mol. The van der Waals surface area contributed by atoms with Crippen LogP contribution in [0.3, 0.4) is 0 Å². The van der Waals surface area contributed by atoms with Crippen molar-refractivity contribution in [3.63, 3.8) is 0 Å². The third kappa shape index (κ3) is 2.91. The van der Waals surface area contributed by atoms with Crippen LogP contribution in [0.5, 0.6) is 0 Å². The number of H-pyrrole nitrogens is 1. The molecule has 0 saturated carbocycles. The number of hydrogen-bond donors (Lipinski definition) is 2. The number of likely N-dealkylation sites (tertiary alicyclic amines) is 1. The van der Waals surface area contributed by atoms with E-state index in [0.717, 1.165) is 0 Å². The predicted molar refractivity (Wildman–Crippen MR) is 94.0 cm³/mol. The Hall–Kier alpha value is -2.68. The molecule has 0 unspecified atom stereocenters. The Morgan fingerprint density at radius 1 is 1.52 bits per heavy atom. The Bertz CT molecular complexity index is 792. The summed E-state index contributed by atoms with van der Waals surface area (Å²) in [7, 11) is 1.71. The van der Waals surface area contributed by atoms with Crippen molar-refractivity contribution in [1.29, 1.82) is 0 Å². The molecule has 0 aliphatic carbocycles. The van der Waals surface area contributed by atoms with Crippen LogP contribution in [0.2, 0.25) is 0 Å². The van der Waals surface area contributed by atoms with Gasteiger partial charge in [0.2, 0.25) is 17.7 Å². The molecule has 1 aromatic rings. The van der Waals surface area contributed by atoms with Gasteiger partial charge in [-0.3, -0.25) is 14.4 Å². The number of nitrogens with zero attached hydrogens (tertiary/aromatic N) is 3. The Morgan fingerprint density at radius 3 is 3.04 bits per heavy atom. The van der Waals surface area contributed by atoms with Crippen molar-refractivity contribution in [1.82, 2.24) is 25.1 Å². The maximum Gasteiger partial charge on any atom is 0.230 e. The highest BCUT2D eigenvalue weighted by Gasteiger charge is 2.66. The zero-order valence-corrected chi connectivity index (χ0v) is 15.3. The Kier molecular flexibility index (Phi) is 4.26. The molecule has 4 atom stereocenters. The number of amides is 3. The molecule has 2 saturated heterocycles. The standard InChI is InChI=1S/C18H23N5O4/c1-11(24)19-7-8-23-10-18-4-3-12(27-18)14(15(18)17(23)26)16(25)22(2)9-13-20-5-6-21-13/h3-6,12,14-15H,7-10H2,1-2H3,(H,19,24)(H,20,21)/t12-,14+,15+,18-/m0/s1. The molecule has 0 aromatic carbocycles. The summed E-state index contributed by atoms with van der Waals surface area (Å²) >= 11 is 0. The summed E-state index contributed by atoms with van der Waals surface area (Å²) in [6, 6.07) is 0. The Balaban J connectivity index is 1.48. The Labute approximate surface area is 156 Å². The normalized spacial score (nSPS) is 30.7. The fraction of sp³-hybridized carbons (Fsp3) is 0.556. The summed E-state index contributed by atoms with van der Waals surface area (Å²) in [5.74, 6) is -0.703. The van der Waals surface area contributed by atoms with Gasteiger partial charge in [-0.15, -0.1) is 0 Å². The van der Waals surface area contributed by atoms with Gasteiger partial charge in [0.05, 0.1) is 31.0 Å². The maximum atomic E-state index is 13.1. The molecule has 4 rings (SSSR count). The number of imidazole rings is 1. The van der Waals surface area contributed by atoms with Gasteiger partial charge in [-0.1, -0.05) is 12.2 Å². The van der Waals surface area contributed by atoms with Crippen molar-refractivity contribution in [2.75, 3.05) is 26.7 Å². The first kappa shape index (κ1) is 17.7. The van der Waals surface area contributed by atoms with Crippen LogP contribution in [0, 0.1) is 11.8 Å². The highest BCUT2D eigenvalue weighted by Crippen LogP contribution is 2.52. The van der Waals surface area contributed by atoms with Gasteiger partial charge in [0, 0.05) is 39.5 Å². The number of aromatic amines is 1. The van der Waals surface area contributed by atoms with Crippen LogP contribution in [0.25, 0.3) is 0 Å². The molecule has 2 fully saturated rings. The van der Waals surface area contributed by atoms with Gasteiger partial charge in [0.15, 0.2) is 0 Å². The summed E-state index contributed by atoms with van der Waals surface area (Å²) in [6.07, 6.45) is 6.79. The van der Waals surface area contributed by atoms with E-state index in [2.05, 4.69) is 15.3 Å². The zero-order chi connectivity index (χ0) is 19.2. The third-order valence-corrected chi connectivity index (χ3v) is 5.54. The fourth-order valence-corrected chi connectivity index (χ4v) is 4.36. The van der Waals surface area contributed by atoms with Crippen LogP contribution in [0.1, 0.15) is 12.7 Å². The molecule has 4 heterocycles. The lowest BCUT2D eigenvalue weighted by molar-refractivity contribution is -0.142. The molecular formula is C18H23N5O4. The van der Waals surface area contributed by atoms with Crippen LogP contribution < -0.4 is 5.32 Å². The van der Waals surface area contributed by atoms with Gasteiger partial charge >= 0.3 is 0 Å². The van der Waals surface area contributed by atoms with E-state index in [4.69, 9.17) is 4.74 Å². The molecule has 0 radical (unpaired) electrons. The number of hydrogen-bond acceptors (Lipinski definition) is 5. The largest absolute Gasteiger partial charge is 0.360 e. The van der Waals surface area contributed by atoms with Crippen molar-refractivity contribution in [3.8, 4) is 0 Å². The van der Waals surface area contributed by atoms with E-state index in [9.17, 15) is 14.4 Å². The van der Waals surface area contributed by atoms with Gasteiger partial charge in [0.1, 0.15) is 11.4 Å². The van der Waals surface area contributed by atoms with E-state index >= 15 is 0 Å². The highest BCUT2D eigenvalue weighted by atomic mass is 16.5. The number of fused-ring (bicyclic) bond motifs is 1. The highest BCUT2D eigenvalue weighted by molar-refractivity contribution is 5.93. The molecule has 1 spiro atoms. The Morgan fingerprint density at radius 2 is 2.33 bits per heavy atom. The topological polar surface area (TPSA) is 108 Å². The molecule has 9 nitrogen and oxygen atoms in total. The van der Waals surface area contributed by atoms with Crippen molar-refractivity contribution in [2.24, 2.45) is 11.8 Å². The fourth-order valence-electron chi connectivity index (χ4n) is 4.36. The smallest absolute Gasteiger partial charge is 0.230 e. The van der Waals surface area contributed by atoms with Gasteiger partial charge in [-0.25, -0.2) is 4.98 Å². The summed E-state index contributed by atoms with van der Waals surface area (Å²) in [4.78, 5) is 47.6. The average molecular weight is 373 g/mol.